The molecule has 0 bridgehead atoms. The Labute approximate surface area is 143 Å². The maximum atomic E-state index is 13.1. The first-order valence-corrected chi connectivity index (χ1v) is 8.90. The van der Waals surface area contributed by atoms with Gasteiger partial charge in [-0.05, 0) is 31.2 Å². The molecule has 0 aromatic carbocycles. The smallest absolute Gasteiger partial charge is 0.264 e. The predicted octanol–water partition coefficient (Wildman–Crippen LogP) is 3.00. The molecular formula is C17H19N5OS. The molecule has 0 radical (unpaired) electrons. The van der Waals surface area contributed by atoms with Gasteiger partial charge in [0.15, 0.2) is 0 Å². The lowest BCUT2D eigenvalue weighted by molar-refractivity contribution is 0.698. The highest BCUT2D eigenvalue weighted by Gasteiger charge is 2.21. The highest BCUT2D eigenvalue weighted by molar-refractivity contribution is 7.18. The minimum absolute atomic E-state index is 0.0192. The van der Waals surface area contributed by atoms with Crippen LogP contribution in [0.3, 0.4) is 0 Å². The maximum absolute atomic E-state index is 13.1. The number of fused-ring (bicyclic) bond motifs is 3. The number of nitrogens with zero attached hydrogens (tertiary/aromatic N) is 4. The van der Waals surface area contributed by atoms with Crippen LogP contribution in [0.4, 0.5) is 11.6 Å². The number of rotatable bonds is 4. The molecule has 0 amide bonds. The van der Waals surface area contributed by atoms with Crippen LogP contribution in [0.25, 0.3) is 10.2 Å². The Morgan fingerprint density at radius 1 is 1.42 bits per heavy atom. The highest BCUT2D eigenvalue weighted by atomic mass is 32.1. The van der Waals surface area contributed by atoms with Crippen LogP contribution in [0.2, 0.25) is 0 Å². The molecule has 0 saturated carbocycles. The minimum Gasteiger partial charge on any atom is -0.323 e. The zero-order chi connectivity index (χ0) is 16.7. The second-order valence-corrected chi connectivity index (χ2v) is 7.14. The number of thiophene rings is 1. The first-order chi connectivity index (χ1) is 11.7. The van der Waals surface area contributed by atoms with E-state index in [1.807, 2.05) is 13.2 Å². The van der Waals surface area contributed by atoms with Crippen molar-refractivity contribution in [1.82, 2.24) is 19.3 Å². The average molecular weight is 341 g/mol. The molecule has 6 nitrogen and oxygen atoms in total. The normalized spacial score (nSPS) is 13.9. The van der Waals surface area contributed by atoms with Crippen LogP contribution in [0.1, 0.15) is 23.3 Å². The van der Waals surface area contributed by atoms with Crippen molar-refractivity contribution >= 4 is 33.2 Å². The molecule has 0 saturated heterocycles. The van der Waals surface area contributed by atoms with Gasteiger partial charge in [-0.25, -0.2) is 4.98 Å². The van der Waals surface area contributed by atoms with Crippen LogP contribution in [0, 0.1) is 0 Å². The Hall–Kier alpha value is -2.41. The van der Waals surface area contributed by atoms with E-state index in [0.717, 1.165) is 35.2 Å². The van der Waals surface area contributed by atoms with Crippen molar-refractivity contribution in [3.05, 3.63) is 45.8 Å². The molecular weight excluding hydrogens is 322 g/mol. The number of anilines is 2. The lowest BCUT2D eigenvalue weighted by atomic mass is 9.97. The Morgan fingerprint density at radius 2 is 2.25 bits per heavy atom. The average Bonchev–Trinajstić information content (AvgIpc) is 3.14. The van der Waals surface area contributed by atoms with Crippen molar-refractivity contribution in [3.8, 4) is 0 Å². The second-order valence-electron chi connectivity index (χ2n) is 6.06. The Bertz CT molecular complexity index is 981. The molecule has 124 valence electrons. The van der Waals surface area contributed by atoms with Crippen molar-refractivity contribution in [2.45, 2.75) is 32.2 Å². The van der Waals surface area contributed by atoms with Crippen molar-refractivity contribution in [3.63, 3.8) is 0 Å². The van der Waals surface area contributed by atoms with Gasteiger partial charge in [-0.1, -0.05) is 6.08 Å². The van der Waals surface area contributed by atoms with E-state index < -0.39 is 0 Å². The number of nitrogens with one attached hydrogen (secondary N) is 1. The number of aromatic nitrogens is 4. The summed E-state index contributed by atoms with van der Waals surface area (Å²) in [5, 5.41) is 8.17. The summed E-state index contributed by atoms with van der Waals surface area (Å²) in [4.78, 5) is 20.0. The number of allylic oxidation sites excluding steroid dienone is 1. The molecule has 0 unspecified atom stereocenters. The van der Waals surface area contributed by atoms with E-state index in [2.05, 4.69) is 17.0 Å². The van der Waals surface area contributed by atoms with Crippen molar-refractivity contribution in [2.75, 3.05) is 5.32 Å². The Balaban J connectivity index is 1.90. The summed E-state index contributed by atoms with van der Waals surface area (Å²) in [6.45, 7) is 4.20. The first kappa shape index (κ1) is 15.1. The molecule has 0 atom stereocenters. The first-order valence-electron chi connectivity index (χ1n) is 8.09. The van der Waals surface area contributed by atoms with Gasteiger partial charge in [0.2, 0.25) is 5.95 Å². The lowest BCUT2D eigenvalue weighted by Gasteiger charge is -2.13. The molecule has 3 aromatic rings. The molecule has 4 rings (SSSR count). The maximum Gasteiger partial charge on any atom is 0.264 e. The molecule has 24 heavy (non-hydrogen) atoms. The Morgan fingerprint density at radius 3 is 3.00 bits per heavy atom. The van der Waals surface area contributed by atoms with Gasteiger partial charge >= 0.3 is 0 Å². The van der Waals surface area contributed by atoms with Gasteiger partial charge in [0, 0.05) is 24.7 Å². The second kappa shape index (κ2) is 5.90. The third kappa shape index (κ3) is 2.45. The standard InChI is InChI=1S/C17H19N5OS/c1-3-8-22-16(23)14-12-6-4-5-7-13(12)24-15(14)20-17(22)19-11-9-18-21(2)10-11/h3,9-10H,1,4-8H2,2H3,(H,19,20). The fourth-order valence-electron chi connectivity index (χ4n) is 3.25. The van der Waals surface area contributed by atoms with E-state index >= 15 is 0 Å². The van der Waals surface area contributed by atoms with Crippen LogP contribution < -0.4 is 10.9 Å². The predicted molar refractivity (Wildman–Crippen MR) is 97.2 cm³/mol. The highest BCUT2D eigenvalue weighted by Crippen LogP contribution is 2.34. The SMILES string of the molecule is C=CCn1c(Nc2cnn(C)c2)nc2sc3c(c2c1=O)CCCC3. The molecule has 1 aliphatic rings. The molecule has 1 N–H and O–H groups in total. The van der Waals surface area contributed by atoms with E-state index in [9.17, 15) is 4.79 Å². The summed E-state index contributed by atoms with van der Waals surface area (Å²) in [6, 6.07) is 0. The van der Waals surface area contributed by atoms with Crippen molar-refractivity contribution < 1.29 is 0 Å². The number of aryl methyl sites for hydroxylation is 3. The fraction of sp³-hybridized carbons (Fsp3) is 0.353. The monoisotopic (exact) mass is 341 g/mol. The molecule has 0 fully saturated rings. The van der Waals surface area contributed by atoms with E-state index in [0.29, 0.717) is 12.5 Å². The summed E-state index contributed by atoms with van der Waals surface area (Å²) in [5.41, 5.74) is 2.04. The van der Waals surface area contributed by atoms with Crippen molar-refractivity contribution in [2.24, 2.45) is 7.05 Å². The number of hydrogen-bond acceptors (Lipinski definition) is 5. The summed E-state index contributed by atoms with van der Waals surface area (Å²) < 4.78 is 3.37. The van der Waals surface area contributed by atoms with Gasteiger partial charge in [0.05, 0.1) is 17.3 Å². The summed E-state index contributed by atoms with van der Waals surface area (Å²) in [6.07, 6.45) is 9.68. The summed E-state index contributed by atoms with van der Waals surface area (Å²) >= 11 is 1.66. The van der Waals surface area contributed by atoms with Gasteiger partial charge in [0.1, 0.15) is 4.83 Å². The summed E-state index contributed by atoms with van der Waals surface area (Å²) in [5.74, 6) is 0.541. The molecule has 0 aliphatic heterocycles. The molecule has 0 spiro atoms. The molecule has 3 aromatic heterocycles. The van der Waals surface area contributed by atoms with Crippen LogP contribution in [0.5, 0.6) is 0 Å². The van der Waals surface area contributed by atoms with E-state index in [1.165, 1.54) is 16.9 Å². The van der Waals surface area contributed by atoms with Gasteiger partial charge in [-0.15, -0.1) is 17.9 Å². The number of hydrogen-bond donors (Lipinski definition) is 1. The van der Waals surface area contributed by atoms with Gasteiger partial charge in [-0.3, -0.25) is 14.0 Å². The molecule has 7 heteroatoms. The van der Waals surface area contributed by atoms with Crippen LogP contribution >= 0.6 is 11.3 Å². The van der Waals surface area contributed by atoms with E-state index in [-0.39, 0.29) is 5.56 Å². The molecule has 1 aliphatic carbocycles. The zero-order valence-corrected chi connectivity index (χ0v) is 14.4. The fourth-order valence-corrected chi connectivity index (χ4v) is 4.50. The van der Waals surface area contributed by atoms with E-state index in [4.69, 9.17) is 4.98 Å². The van der Waals surface area contributed by atoms with Gasteiger partial charge in [0.25, 0.3) is 5.56 Å². The summed E-state index contributed by atoms with van der Waals surface area (Å²) in [7, 11) is 1.85. The van der Waals surface area contributed by atoms with Gasteiger partial charge in [-0.2, -0.15) is 5.10 Å². The largest absolute Gasteiger partial charge is 0.323 e. The van der Waals surface area contributed by atoms with Crippen LogP contribution in [-0.2, 0) is 26.4 Å². The van der Waals surface area contributed by atoms with Gasteiger partial charge < -0.3 is 5.32 Å². The topological polar surface area (TPSA) is 64.7 Å². The quantitative estimate of drug-likeness (QED) is 0.741. The van der Waals surface area contributed by atoms with Crippen LogP contribution in [-0.4, -0.2) is 19.3 Å². The lowest BCUT2D eigenvalue weighted by Crippen LogP contribution is -2.24. The third-order valence-corrected chi connectivity index (χ3v) is 5.53. The Kier molecular flexibility index (Phi) is 3.72. The minimum atomic E-state index is 0.0192. The van der Waals surface area contributed by atoms with Crippen molar-refractivity contribution in [1.29, 1.82) is 0 Å². The zero-order valence-electron chi connectivity index (χ0n) is 13.6. The third-order valence-electron chi connectivity index (χ3n) is 4.35. The van der Waals surface area contributed by atoms with Crippen LogP contribution in [0.15, 0.2) is 29.8 Å². The molecule has 3 heterocycles. The van der Waals surface area contributed by atoms with E-state index in [1.54, 1.807) is 32.9 Å².